The van der Waals surface area contributed by atoms with E-state index >= 15 is 0 Å². The molecule has 2 rings (SSSR count). The zero-order valence-corrected chi connectivity index (χ0v) is 11.3. The van der Waals surface area contributed by atoms with Gasteiger partial charge in [0.1, 0.15) is 5.82 Å². The molecule has 0 amide bonds. The van der Waals surface area contributed by atoms with Crippen molar-refractivity contribution in [3.8, 4) is 0 Å². The SMILES string of the molecule is CSC1CCC(NC(C)c2cccc(F)c2)C1. The van der Waals surface area contributed by atoms with Gasteiger partial charge in [-0.15, -0.1) is 0 Å². The third-order valence-electron chi connectivity index (χ3n) is 3.55. The van der Waals surface area contributed by atoms with Crippen molar-refractivity contribution in [1.29, 1.82) is 0 Å². The fourth-order valence-electron chi connectivity index (χ4n) is 2.53. The van der Waals surface area contributed by atoms with Gasteiger partial charge >= 0.3 is 0 Å². The van der Waals surface area contributed by atoms with Gasteiger partial charge in [0.15, 0.2) is 0 Å². The summed E-state index contributed by atoms with van der Waals surface area (Å²) < 4.78 is 13.1. The maximum absolute atomic E-state index is 13.1. The lowest BCUT2D eigenvalue weighted by Gasteiger charge is -2.20. The third-order valence-corrected chi connectivity index (χ3v) is 4.65. The van der Waals surface area contributed by atoms with Crippen molar-refractivity contribution >= 4 is 11.8 Å². The van der Waals surface area contributed by atoms with Crippen LogP contribution in [-0.4, -0.2) is 17.5 Å². The van der Waals surface area contributed by atoms with E-state index in [4.69, 9.17) is 0 Å². The van der Waals surface area contributed by atoms with Gasteiger partial charge in [-0.25, -0.2) is 4.39 Å². The molecule has 1 saturated carbocycles. The van der Waals surface area contributed by atoms with E-state index in [1.807, 2.05) is 17.8 Å². The van der Waals surface area contributed by atoms with Crippen LogP contribution >= 0.6 is 11.8 Å². The summed E-state index contributed by atoms with van der Waals surface area (Å²) in [7, 11) is 0. The molecule has 1 nitrogen and oxygen atoms in total. The minimum Gasteiger partial charge on any atom is -0.307 e. The van der Waals surface area contributed by atoms with E-state index in [9.17, 15) is 4.39 Å². The maximum atomic E-state index is 13.1. The number of halogens is 1. The van der Waals surface area contributed by atoms with E-state index in [-0.39, 0.29) is 11.9 Å². The fourth-order valence-corrected chi connectivity index (χ4v) is 3.33. The Kier molecular flexibility index (Phi) is 4.46. The van der Waals surface area contributed by atoms with Gasteiger partial charge in [-0.2, -0.15) is 11.8 Å². The Morgan fingerprint density at radius 2 is 2.24 bits per heavy atom. The second-order valence-electron chi connectivity index (χ2n) is 4.81. The molecule has 1 aliphatic carbocycles. The lowest BCUT2D eigenvalue weighted by atomic mass is 10.1. The molecule has 0 heterocycles. The highest BCUT2D eigenvalue weighted by molar-refractivity contribution is 7.99. The zero-order valence-electron chi connectivity index (χ0n) is 10.4. The first kappa shape index (κ1) is 12.9. The molecule has 94 valence electrons. The number of benzene rings is 1. The zero-order chi connectivity index (χ0) is 12.3. The van der Waals surface area contributed by atoms with E-state index in [0.717, 1.165) is 10.8 Å². The van der Waals surface area contributed by atoms with Crippen molar-refractivity contribution in [1.82, 2.24) is 5.32 Å². The van der Waals surface area contributed by atoms with Crippen LogP contribution in [0, 0.1) is 5.82 Å². The number of hydrogen-bond donors (Lipinski definition) is 1. The number of hydrogen-bond acceptors (Lipinski definition) is 2. The second-order valence-corrected chi connectivity index (χ2v) is 5.95. The highest BCUT2D eigenvalue weighted by atomic mass is 32.2. The molecule has 0 bridgehead atoms. The van der Waals surface area contributed by atoms with Gasteiger partial charge in [-0.05, 0) is 50.1 Å². The molecule has 3 heteroatoms. The Hall–Kier alpha value is -0.540. The van der Waals surface area contributed by atoms with Crippen LogP contribution in [0.3, 0.4) is 0 Å². The molecule has 0 aliphatic heterocycles. The van der Waals surface area contributed by atoms with Crippen molar-refractivity contribution in [3.63, 3.8) is 0 Å². The van der Waals surface area contributed by atoms with Crippen LogP contribution in [0.15, 0.2) is 24.3 Å². The number of thioether (sulfide) groups is 1. The van der Waals surface area contributed by atoms with Crippen LogP contribution in [0.2, 0.25) is 0 Å². The van der Waals surface area contributed by atoms with E-state index < -0.39 is 0 Å². The van der Waals surface area contributed by atoms with Crippen LogP contribution in [0.4, 0.5) is 4.39 Å². The van der Waals surface area contributed by atoms with Gasteiger partial charge in [0, 0.05) is 17.3 Å². The van der Waals surface area contributed by atoms with Gasteiger partial charge < -0.3 is 5.32 Å². The molecular formula is C14H20FNS. The maximum Gasteiger partial charge on any atom is 0.123 e. The third kappa shape index (κ3) is 3.46. The molecule has 1 aromatic rings. The molecule has 3 atom stereocenters. The summed E-state index contributed by atoms with van der Waals surface area (Å²) in [5.41, 5.74) is 1.04. The normalized spacial score (nSPS) is 26.1. The molecule has 1 aliphatic rings. The molecule has 17 heavy (non-hydrogen) atoms. The lowest BCUT2D eigenvalue weighted by molar-refractivity contribution is 0.460. The molecule has 3 unspecified atom stereocenters. The molecule has 1 N–H and O–H groups in total. The van der Waals surface area contributed by atoms with Crippen LogP contribution in [0.25, 0.3) is 0 Å². The Labute approximate surface area is 107 Å². The topological polar surface area (TPSA) is 12.0 Å². The first-order valence-electron chi connectivity index (χ1n) is 6.23. The average Bonchev–Trinajstić information content (AvgIpc) is 2.77. The molecular weight excluding hydrogens is 233 g/mol. The molecule has 0 radical (unpaired) electrons. The summed E-state index contributed by atoms with van der Waals surface area (Å²) in [5.74, 6) is -0.149. The summed E-state index contributed by atoms with van der Waals surface area (Å²) >= 11 is 1.96. The minimum absolute atomic E-state index is 0.149. The van der Waals surface area contributed by atoms with E-state index in [0.29, 0.717) is 6.04 Å². The van der Waals surface area contributed by atoms with E-state index in [1.54, 1.807) is 12.1 Å². The summed E-state index contributed by atoms with van der Waals surface area (Å²) in [6.07, 6.45) is 5.96. The summed E-state index contributed by atoms with van der Waals surface area (Å²) in [6, 6.07) is 7.71. The van der Waals surface area contributed by atoms with Gasteiger partial charge in [0.05, 0.1) is 0 Å². The van der Waals surface area contributed by atoms with Gasteiger partial charge in [-0.3, -0.25) is 0 Å². The lowest BCUT2D eigenvalue weighted by Crippen LogP contribution is -2.29. The molecule has 1 aromatic carbocycles. The smallest absolute Gasteiger partial charge is 0.123 e. The van der Waals surface area contributed by atoms with Gasteiger partial charge in [0.25, 0.3) is 0 Å². The van der Waals surface area contributed by atoms with Gasteiger partial charge in [-0.1, -0.05) is 12.1 Å². The summed E-state index contributed by atoms with van der Waals surface area (Å²) in [6.45, 7) is 2.11. The highest BCUT2D eigenvalue weighted by Crippen LogP contribution is 2.29. The van der Waals surface area contributed by atoms with E-state index in [2.05, 4.69) is 18.5 Å². The first-order chi connectivity index (χ1) is 8.19. The molecule has 0 aromatic heterocycles. The molecule has 0 spiro atoms. The standard InChI is InChI=1S/C14H20FNS/c1-10(11-4-3-5-12(15)8-11)16-13-6-7-14(9-13)17-2/h3-5,8,10,13-14,16H,6-7,9H2,1-2H3. The predicted octanol–water partition coefficient (Wildman–Crippen LogP) is 3.76. The Morgan fingerprint density at radius 3 is 2.88 bits per heavy atom. The van der Waals surface area contributed by atoms with Crippen molar-refractivity contribution in [2.75, 3.05) is 6.26 Å². The largest absolute Gasteiger partial charge is 0.307 e. The first-order valence-corrected chi connectivity index (χ1v) is 7.52. The quantitative estimate of drug-likeness (QED) is 0.877. The predicted molar refractivity (Wildman–Crippen MR) is 72.9 cm³/mol. The van der Waals surface area contributed by atoms with Gasteiger partial charge in [0.2, 0.25) is 0 Å². The summed E-state index contributed by atoms with van der Waals surface area (Å²) in [4.78, 5) is 0. The van der Waals surface area contributed by atoms with Crippen molar-refractivity contribution in [3.05, 3.63) is 35.6 Å². The highest BCUT2D eigenvalue weighted by Gasteiger charge is 2.24. The van der Waals surface area contributed by atoms with Crippen LogP contribution in [0.5, 0.6) is 0 Å². The van der Waals surface area contributed by atoms with Crippen LogP contribution in [0.1, 0.15) is 37.8 Å². The Morgan fingerprint density at radius 1 is 1.41 bits per heavy atom. The molecule has 1 fully saturated rings. The van der Waals surface area contributed by atoms with Crippen molar-refractivity contribution < 1.29 is 4.39 Å². The van der Waals surface area contributed by atoms with E-state index in [1.165, 1.54) is 25.3 Å². The number of rotatable bonds is 4. The number of nitrogens with one attached hydrogen (secondary N) is 1. The van der Waals surface area contributed by atoms with Crippen LogP contribution < -0.4 is 5.32 Å². The minimum atomic E-state index is -0.149. The fraction of sp³-hybridized carbons (Fsp3) is 0.571. The molecule has 0 saturated heterocycles. The second kappa shape index (κ2) is 5.87. The average molecular weight is 253 g/mol. The van der Waals surface area contributed by atoms with Crippen molar-refractivity contribution in [2.24, 2.45) is 0 Å². The Bertz CT molecular complexity index is 369. The van der Waals surface area contributed by atoms with Crippen LogP contribution in [-0.2, 0) is 0 Å². The van der Waals surface area contributed by atoms with Crippen molar-refractivity contribution in [2.45, 2.75) is 43.5 Å². The summed E-state index contributed by atoms with van der Waals surface area (Å²) in [5, 5.41) is 4.40. The monoisotopic (exact) mass is 253 g/mol. The Balaban J connectivity index is 1.91.